The van der Waals surface area contributed by atoms with E-state index in [9.17, 15) is 0 Å². The Morgan fingerprint density at radius 3 is 2.50 bits per heavy atom. The van der Waals surface area contributed by atoms with Gasteiger partial charge in [0, 0.05) is 20.5 Å². The Hall–Kier alpha value is -0.730. The van der Waals surface area contributed by atoms with Crippen LogP contribution in [0, 0.1) is 0 Å². The first-order valence-corrected chi connectivity index (χ1v) is 3.67. The highest BCUT2D eigenvalue weighted by Crippen LogP contribution is 1.93. The van der Waals surface area contributed by atoms with Crippen LogP contribution in [0.1, 0.15) is 26.2 Å². The van der Waals surface area contributed by atoms with Gasteiger partial charge in [-0.15, -0.1) is 0 Å². The summed E-state index contributed by atoms with van der Waals surface area (Å²) in [5.41, 5.74) is 5.57. The molecule has 0 saturated carbocycles. The summed E-state index contributed by atoms with van der Waals surface area (Å²) in [6, 6.07) is 0. The summed E-state index contributed by atoms with van der Waals surface area (Å²) in [4.78, 5) is 0. The average Bonchev–Trinajstić information content (AvgIpc) is 1.82. The number of rotatable bonds is 4. The molecular weight excluding hydrogens is 126 g/mol. The molecule has 0 aromatic heterocycles. The largest absolute Gasteiger partial charge is 0.386 e. The number of nitrogens with zero attached hydrogens (tertiary/aromatic N) is 2. The van der Waals surface area contributed by atoms with E-state index >= 15 is 0 Å². The maximum Gasteiger partial charge on any atom is 0.119 e. The summed E-state index contributed by atoms with van der Waals surface area (Å²) in [5, 5.41) is 5.77. The lowest BCUT2D eigenvalue weighted by Crippen LogP contribution is -2.16. The minimum absolute atomic E-state index is 0.729. The highest BCUT2D eigenvalue weighted by Gasteiger charge is 1.90. The lowest BCUT2D eigenvalue weighted by molar-refractivity contribution is 0.435. The molecule has 0 heterocycles. The van der Waals surface area contributed by atoms with Gasteiger partial charge in [-0.3, -0.25) is 0 Å². The number of hydrogen-bond acceptors (Lipinski definition) is 2. The van der Waals surface area contributed by atoms with E-state index in [2.05, 4.69) is 12.0 Å². The van der Waals surface area contributed by atoms with Gasteiger partial charge in [0.2, 0.25) is 0 Å². The summed E-state index contributed by atoms with van der Waals surface area (Å²) < 4.78 is 0. The Kier molecular flexibility index (Phi) is 4.72. The fourth-order valence-electron chi connectivity index (χ4n) is 0.665. The minimum Gasteiger partial charge on any atom is -0.386 e. The molecule has 0 fully saturated rings. The molecule has 10 heavy (non-hydrogen) atoms. The second kappa shape index (κ2) is 5.09. The summed E-state index contributed by atoms with van der Waals surface area (Å²) in [6.07, 6.45) is 3.21. The van der Waals surface area contributed by atoms with Crippen molar-refractivity contribution in [2.45, 2.75) is 26.2 Å². The summed E-state index contributed by atoms with van der Waals surface area (Å²) in [6.45, 7) is 2.14. The van der Waals surface area contributed by atoms with Crippen molar-refractivity contribution in [3.63, 3.8) is 0 Å². The van der Waals surface area contributed by atoms with Gasteiger partial charge < -0.3 is 10.7 Å². The zero-order valence-corrected chi connectivity index (χ0v) is 7.09. The van der Waals surface area contributed by atoms with Gasteiger partial charge >= 0.3 is 0 Å². The van der Waals surface area contributed by atoms with Crippen molar-refractivity contribution in [2.75, 3.05) is 14.1 Å². The zero-order chi connectivity index (χ0) is 7.98. The van der Waals surface area contributed by atoms with Crippen LogP contribution in [0.15, 0.2) is 5.10 Å². The van der Waals surface area contributed by atoms with Gasteiger partial charge in [0.25, 0.3) is 0 Å². The van der Waals surface area contributed by atoms with E-state index in [0.717, 1.165) is 18.7 Å². The molecule has 0 saturated heterocycles. The molecule has 0 unspecified atom stereocenters. The second-order valence-corrected chi connectivity index (χ2v) is 2.54. The highest BCUT2D eigenvalue weighted by molar-refractivity contribution is 5.79. The number of unbranched alkanes of at least 4 members (excludes halogenated alkanes) is 1. The molecule has 3 nitrogen and oxygen atoms in total. The molecule has 0 spiro atoms. The maximum atomic E-state index is 5.57. The quantitative estimate of drug-likeness (QED) is 0.362. The fourth-order valence-corrected chi connectivity index (χ4v) is 0.665. The van der Waals surface area contributed by atoms with Gasteiger partial charge in [-0.05, 0) is 6.42 Å². The van der Waals surface area contributed by atoms with Gasteiger partial charge in [-0.2, -0.15) is 5.10 Å². The molecular formula is C7H17N3. The Bertz CT molecular complexity index is 107. The summed E-state index contributed by atoms with van der Waals surface area (Å²) in [7, 11) is 3.75. The number of nitrogens with two attached hydrogens (primary N) is 1. The molecule has 0 rings (SSSR count). The molecule has 2 N–H and O–H groups in total. The molecule has 0 bridgehead atoms. The first kappa shape index (κ1) is 9.27. The van der Waals surface area contributed by atoms with Crippen LogP contribution in [0.3, 0.4) is 0 Å². The topological polar surface area (TPSA) is 41.6 Å². The van der Waals surface area contributed by atoms with Gasteiger partial charge in [0.1, 0.15) is 5.84 Å². The molecule has 60 valence electrons. The third kappa shape index (κ3) is 5.41. The number of hydrazone groups is 1. The molecule has 0 aliphatic rings. The van der Waals surface area contributed by atoms with Crippen molar-refractivity contribution in [3.05, 3.63) is 0 Å². The lowest BCUT2D eigenvalue weighted by atomic mass is 10.2. The Morgan fingerprint density at radius 2 is 2.10 bits per heavy atom. The van der Waals surface area contributed by atoms with E-state index in [-0.39, 0.29) is 0 Å². The van der Waals surface area contributed by atoms with Crippen molar-refractivity contribution < 1.29 is 0 Å². The smallest absolute Gasteiger partial charge is 0.119 e. The molecule has 0 aliphatic carbocycles. The van der Waals surface area contributed by atoms with Gasteiger partial charge in [-0.25, -0.2) is 0 Å². The van der Waals surface area contributed by atoms with Crippen molar-refractivity contribution in [1.82, 2.24) is 5.01 Å². The van der Waals surface area contributed by atoms with Crippen LogP contribution in [0.4, 0.5) is 0 Å². The Labute approximate surface area is 62.9 Å². The SMILES string of the molecule is CCCC/C(N)=N/N(C)C. The normalized spacial score (nSPS) is 11.7. The lowest BCUT2D eigenvalue weighted by Gasteiger charge is -2.05. The van der Waals surface area contributed by atoms with E-state index < -0.39 is 0 Å². The second-order valence-electron chi connectivity index (χ2n) is 2.54. The summed E-state index contributed by atoms with van der Waals surface area (Å²) >= 11 is 0. The molecule has 0 aromatic carbocycles. The Morgan fingerprint density at radius 1 is 1.50 bits per heavy atom. The van der Waals surface area contributed by atoms with Crippen LogP contribution in [0.25, 0.3) is 0 Å². The van der Waals surface area contributed by atoms with Crippen molar-refractivity contribution in [3.8, 4) is 0 Å². The molecule has 0 amide bonds. The zero-order valence-electron chi connectivity index (χ0n) is 7.09. The van der Waals surface area contributed by atoms with Gasteiger partial charge in [0.15, 0.2) is 0 Å². The van der Waals surface area contributed by atoms with Crippen molar-refractivity contribution in [2.24, 2.45) is 10.8 Å². The van der Waals surface area contributed by atoms with Crippen molar-refractivity contribution >= 4 is 5.84 Å². The standard InChI is InChI=1S/C7H17N3/c1-4-5-6-7(8)9-10(2)3/h4-6H2,1-3H3,(H2,8,9). The van der Waals surface area contributed by atoms with Crippen LogP contribution in [-0.2, 0) is 0 Å². The van der Waals surface area contributed by atoms with E-state index in [1.807, 2.05) is 14.1 Å². The molecule has 0 radical (unpaired) electrons. The van der Waals surface area contributed by atoms with Crippen LogP contribution in [0.2, 0.25) is 0 Å². The van der Waals surface area contributed by atoms with Crippen molar-refractivity contribution in [1.29, 1.82) is 0 Å². The fraction of sp³-hybridized carbons (Fsp3) is 0.857. The predicted molar refractivity (Wildman–Crippen MR) is 44.8 cm³/mol. The Balaban J connectivity index is 3.49. The third-order valence-electron chi connectivity index (χ3n) is 1.11. The monoisotopic (exact) mass is 143 g/mol. The van der Waals surface area contributed by atoms with E-state index in [4.69, 9.17) is 5.73 Å². The third-order valence-corrected chi connectivity index (χ3v) is 1.11. The first-order valence-electron chi connectivity index (χ1n) is 3.67. The van der Waals surface area contributed by atoms with E-state index in [0.29, 0.717) is 0 Å². The molecule has 0 atom stereocenters. The predicted octanol–water partition coefficient (Wildman–Crippen LogP) is 1.01. The number of amidine groups is 1. The number of hydrogen-bond donors (Lipinski definition) is 1. The van der Waals surface area contributed by atoms with Gasteiger partial charge in [-0.1, -0.05) is 13.3 Å². The van der Waals surface area contributed by atoms with Gasteiger partial charge in [0.05, 0.1) is 0 Å². The summed E-state index contributed by atoms with van der Waals surface area (Å²) in [5.74, 6) is 0.729. The van der Waals surface area contributed by atoms with E-state index in [1.165, 1.54) is 6.42 Å². The van der Waals surface area contributed by atoms with E-state index in [1.54, 1.807) is 5.01 Å². The van der Waals surface area contributed by atoms with Crippen LogP contribution in [0.5, 0.6) is 0 Å². The van der Waals surface area contributed by atoms with Crippen LogP contribution < -0.4 is 5.73 Å². The minimum atomic E-state index is 0.729. The first-order chi connectivity index (χ1) is 4.66. The highest BCUT2D eigenvalue weighted by atomic mass is 15.4. The molecule has 3 heteroatoms. The average molecular weight is 143 g/mol. The maximum absolute atomic E-state index is 5.57. The molecule has 0 aliphatic heterocycles. The van der Waals surface area contributed by atoms with Crippen LogP contribution in [-0.4, -0.2) is 24.9 Å². The van der Waals surface area contributed by atoms with Crippen LogP contribution >= 0.6 is 0 Å². The molecule has 0 aromatic rings.